The van der Waals surface area contributed by atoms with Crippen molar-refractivity contribution in [3.63, 3.8) is 0 Å². The van der Waals surface area contributed by atoms with Gasteiger partial charge in [0.05, 0.1) is 6.20 Å². The molecule has 1 aromatic carbocycles. The Hall–Kier alpha value is -3.00. The van der Waals surface area contributed by atoms with Crippen LogP contribution in [0.3, 0.4) is 0 Å². The minimum atomic E-state index is 0.158. The van der Waals surface area contributed by atoms with Crippen molar-refractivity contribution in [1.29, 1.82) is 0 Å². The molecule has 0 spiro atoms. The van der Waals surface area contributed by atoms with Gasteiger partial charge in [0.15, 0.2) is 5.82 Å². The number of rotatable bonds is 5. The predicted octanol–water partition coefficient (Wildman–Crippen LogP) is 4.41. The molecule has 0 bridgehead atoms. The van der Waals surface area contributed by atoms with Crippen LogP contribution in [0.2, 0.25) is 5.02 Å². The van der Waals surface area contributed by atoms with Crippen molar-refractivity contribution >= 4 is 46.0 Å². The molecule has 166 valence electrons. The van der Waals surface area contributed by atoms with Gasteiger partial charge in [0.25, 0.3) is 0 Å². The molecule has 2 aliphatic rings. The largest absolute Gasteiger partial charge is 0.351 e. The second-order valence-electron chi connectivity index (χ2n) is 8.51. The number of carbonyl (C=O) groups is 1. The monoisotopic (exact) mass is 451 g/mol. The molecule has 1 saturated carbocycles. The van der Waals surface area contributed by atoms with E-state index in [0.717, 1.165) is 57.3 Å². The van der Waals surface area contributed by atoms with Crippen molar-refractivity contribution in [2.75, 3.05) is 23.7 Å². The van der Waals surface area contributed by atoms with Crippen molar-refractivity contribution in [2.45, 2.75) is 44.6 Å². The summed E-state index contributed by atoms with van der Waals surface area (Å²) in [6, 6.07) is 7.70. The molecule has 0 atom stereocenters. The number of benzene rings is 1. The Morgan fingerprint density at radius 2 is 1.88 bits per heavy atom. The molecule has 1 amide bonds. The van der Waals surface area contributed by atoms with E-state index in [1.165, 1.54) is 6.33 Å². The average molecular weight is 452 g/mol. The first kappa shape index (κ1) is 20.9. The lowest BCUT2D eigenvalue weighted by molar-refractivity contribution is -0.135. The minimum absolute atomic E-state index is 0.158. The zero-order chi connectivity index (χ0) is 21.9. The van der Waals surface area contributed by atoms with Gasteiger partial charge in [0.1, 0.15) is 17.4 Å². The van der Waals surface area contributed by atoms with Crippen LogP contribution >= 0.6 is 11.6 Å². The fourth-order valence-corrected chi connectivity index (χ4v) is 4.77. The molecule has 32 heavy (non-hydrogen) atoms. The summed E-state index contributed by atoms with van der Waals surface area (Å²) in [5.41, 5.74) is 2.13. The summed E-state index contributed by atoms with van der Waals surface area (Å²) in [4.78, 5) is 32.5. The summed E-state index contributed by atoms with van der Waals surface area (Å²) in [6.07, 6.45) is 9.16. The number of amides is 1. The Morgan fingerprint density at radius 3 is 2.66 bits per heavy atom. The van der Waals surface area contributed by atoms with E-state index >= 15 is 0 Å². The smallest absolute Gasteiger partial charge is 0.225 e. The maximum Gasteiger partial charge on any atom is 0.225 e. The molecule has 1 aliphatic carbocycles. The van der Waals surface area contributed by atoms with Crippen LogP contribution in [0.15, 0.2) is 36.8 Å². The Labute approximate surface area is 191 Å². The van der Waals surface area contributed by atoms with E-state index in [2.05, 4.69) is 30.6 Å². The summed E-state index contributed by atoms with van der Waals surface area (Å²) in [5, 5.41) is 7.36. The number of halogens is 1. The van der Waals surface area contributed by atoms with Crippen LogP contribution < -0.4 is 10.6 Å². The molecule has 9 heteroatoms. The second-order valence-corrected chi connectivity index (χ2v) is 8.95. The van der Waals surface area contributed by atoms with Crippen molar-refractivity contribution in [1.82, 2.24) is 24.8 Å². The Kier molecular flexibility index (Phi) is 6.03. The van der Waals surface area contributed by atoms with Crippen molar-refractivity contribution < 1.29 is 4.79 Å². The van der Waals surface area contributed by atoms with Gasteiger partial charge in [-0.15, -0.1) is 0 Å². The number of carbonyl (C=O) groups excluding carboxylic acids is 1. The van der Waals surface area contributed by atoms with Gasteiger partial charge in [-0.2, -0.15) is 0 Å². The lowest BCUT2D eigenvalue weighted by Gasteiger charge is -2.30. The summed E-state index contributed by atoms with van der Waals surface area (Å²) in [7, 11) is 0. The van der Waals surface area contributed by atoms with Crippen molar-refractivity contribution in [2.24, 2.45) is 5.92 Å². The number of hydrogen-bond donors (Lipinski definition) is 2. The highest BCUT2D eigenvalue weighted by Gasteiger charge is 2.30. The molecule has 2 N–H and O–H groups in total. The van der Waals surface area contributed by atoms with Crippen molar-refractivity contribution in [3.05, 3.63) is 41.8 Å². The molecule has 0 radical (unpaired) electrons. The number of hydrogen-bond acceptors (Lipinski definition) is 7. The van der Waals surface area contributed by atoms with Crippen LogP contribution in [-0.2, 0) is 4.79 Å². The lowest BCUT2D eigenvalue weighted by Crippen LogP contribution is -2.37. The van der Waals surface area contributed by atoms with E-state index in [4.69, 9.17) is 11.6 Å². The third-order valence-corrected chi connectivity index (χ3v) is 6.53. The standard InChI is InChI=1S/C23H26ClN7O/c24-16-4-3-5-18(12-16)28-21-20-19(26-14-27-21)13-25-23(30-20)29-17-8-6-15(7-9-17)22(32)31-10-1-2-11-31/h3-5,12-15,17H,1-2,6-11H2,(H,25,29,30)(H,26,27,28)/t15-,17-. The predicted molar refractivity (Wildman–Crippen MR) is 125 cm³/mol. The Balaban J connectivity index is 1.26. The second kappa shape index (κ2) is 9.24. The average Bonchev–Trinajstić information content (AvgIpc) is 3.35. The van der Waals surface area contributed by atoms with Gasteiger partial charge in [0, 0.05) is 35.8 Å². The number of fused-ring (bicyclic) bond motifs is 1. The van der Waals surface area contributed by atoms with Gasteiger partial charge in [-0.3, -0.25) is 4.79 Å². The highest BCUT2D eigenvalue weighted by molar-refractivity contribution is 6.30. The van der Waals surface area contributed by atoms with Gasteiger partial charge in [0.2, 0.25) is 11.9 Å². The number of likely N-dealkylation sites (tertiary alicyclic amines) is 1. The third kappa shape index (κ3) is 4.60. The highest BCUT2D eigenvalue weighted by Crippen LogP contribution is 2.29. The molecule has 1 saturated heterocycles. The fraction of sp³-hybridized carbons (Fsp3) is 0.435. The molecule has 5 rings (SSSR count). The van der Waals surface area contributed by atoms with Gasteiger partial charge in [-0.05, 0) is 56.7 Å². The first-order valence-corrected chi connectivity index (χ1v) is 11.6. The normalized spacial score (nSPS) is 21.0. The van der Waals surface area contributed by atoms with Crippen LogP contribution in [-0.4, -0.2) is 49.9 Å². The number of aromatic nitrogens is 4. The van der Waals surface area contributed by atoms with E-state index in [9.17, 15) is 4.79 Å². The summed E-state index contributed by atoms with van der Waals surface area (Å²) in [5.74, 6) is 1.65. The van der Waals surface area contributed by atoms with Crippen LogP contribution in [0.4, 0.5) is 17.5 Å². The van der Waals surface area contributed by atoms with Crippen LogP contribution in [0.1, 0.15) is 38.5 Å². The maximum absolute atomic E-state index is 12.7. The zero-order valence-electron chi connectivity index (χ0n) is 17.8. The highest BCUT2D eigenvalue weighted by atomic mass is 35.5. The molecule has 3 aromatic rings. The zero-order valence-corrected chi connectivity index (χ0v) is 18.6. The van der Waals surface area contributed by atoms with E-state index in [-0.39, 0.29) is 12.0 Å². The number of nitrogens with one attached hydrogen (secondary N) is 2. The molecular weight excluding hydrogens is 426 g/mol. The molecular formula is C23H26ClN7O. The van der Waals surface area contributed by atoms with Crippen LogP contribution in [0, 0.1) is 5.92 Å². The van der Waals surface area contributed by atoms with Gasteiger partial charge < -0.3 is 15.5 Å². The van der Waals surface area contributed by atoms with E-state index in [0.29, 0.717) is 33.7 Å². The minimum Gasteiger partial charge on any atom is -0.351 e. The first-order valence-electron chi connectivity index (χ1n) is 11.2. The van der Waals surface area contributed by atoms with Crippen LogP contribution in [0.25, 0.3) is 11.0 Å². The number of anilines is 3. The quantitative estimate of drug-likeness (QED) is 0.593. The molecule has 2 fully saturated rings. The number of nitrogens with zero attached hydrogens (tertiary/aromatic N) is 5. The van der Waals surface area contributed by atoms with Gasteiger partial charge in [-0.25, -0.2) is 19.9 Å². The van der Waals surface area contributed by atoms with Crippen molar-refractivity contribution in [3.8, 4) is 0 Å². The van der Waals surface area contributed by atoms with E-state index in [1.54, 1.807) is 6.20 Å². The molecule has 3 heterocycles. The molecule has 8 nitrogen and oxygen atoms in total. The first-order chi connectivity index (χ1) is 15.7. The summed E-state index contributed by atoms with van der Waals surface area (Å²) in [6.45, 7) is 1.85. The van der Waals surface area contributed by atoms with Gasteiger partial charge in [-0.1, -0.05) is 17.7 Å². The summed E-state index contributed by atoms with van der Waals surface area (Å²) >= 11 is 6.10. The van der Waals surface area contributed by atoms with Gasteiger partial charge >= 0.3 is 0 Å². The third-order valence-electron chi connectivity index (χ3n) is 6.29. The lowest BCUT2D eigenvalue weighted by atomic mass is 9.85. The Bertz CT molecular complexity index is 1110. The van der Waals surface area contributed by atoms with E-state index < -0.39 is 0 Å². The molecule has 0 unspecified atom stereocenters. The van der Waals surface area contributed by atoms with Crippen LogP contribution in [0.5, 0.6) is 0 Å². The fourth-order valence-electron chi connectivity index (χ4n) is 4.58. The topological polar surface area (TPSA) is 95.9 Å². The summed E-state index contributed by atoms with van der Waals surface area (Å²) < 4.78 is 0. The molecule has 2 aromatic heterocycles. The molecule has 1 aliphatic heterocycles. The Morgan fingerprint density at radius 1 is 1.06 bits per heavy atom. The van der Waals surface area contributed by atoms with E-state index in [1.807, 2.05) is 29.2 Å². The SMILES string of the molecule is O=C([C@H]1CC[C@H](Nc2ncc3ncnc(Nc4cccc(Cl)c4)c3n2)CC1)N1CCCC1. The maximum atomic E-state index is 12.7.